The minimum atomic E-state index is -1.71. The summed E-state index contributed by atoms with van der Waals surface area (Å²) in [5, 5.41) is 4.83. The van der Waals surface area contributed by atoms with E-state index in [1.807, 2.05) is 0 Å². The predicted octanol–water partition coefficient (Wildman–Crippen LogP) is 2.84. The Kier molecular flexibility index (Phi) is 6.40. The molecule has 0 radical (unpaired) electrons. The van der Waals surface area contributed by atoms with Gasteiger partial charge in [0.15, 0.2) is 17.5 Å². The fraction of sp³-hybridized carbons (Fsp3) is 0.412. The van der Waals surface area contributed by atoms with Crippen LogP contribution in [0.1, 0.15) is 42.5 Å². The van der Waals surface area contributed by atoms with Gasteiger partial charge in [-0.15, -0.1) is 0 Å². The van der Waals surface area contributed by atoms with E-state index >= 15 is 0 Å². The molecule has 0 aromatic heterocycles. The smallest absolute Gasteiger partial charge is 0.254 e. The van der Waals surface area contributed by atoms with E-state index < -0.39 is 34.8 Å². The Morgan fingerprint density at radius 3 is 2.54 bits per heavy atom. The number of rotatable bonds is 6. The molecule has 24 heavy (non-hydrogen) atoms. The van der Waals surface area contributed by atoms with Gasteiger partial charge >= 0.3 is 0 Å². The van der Waals surface area contributed by atoms with Crippen LogP contribution in [0.3, 0.4) is 0 Å². The van der Waals surface area contributed by atoms with Gasteiger partial charge in [-0.3, -0.25) is 9.59 Å². The first-order chi connectivity index (χ1) is 11.5. The largest absolute Gasteiger partial charge is 0.354 e. The molecule has 7 heteroatoms. The molecule has 0 atom stereocenters. The van der Waals surface area contributed by atoms with Gasteiger partial charge in [0.25, 0.3) is 5.91 Å². The third kappa shape index (κ3) is 4.84. The van der Waals surface area contributed by atoms with Gasteiger partial charge in [-0.2, -0.15) is 0 Å². The van der Waals surface area contributed by atoms with Crippen LogP contribution >= 0.6 is 0 Å². The van der Waals surface area contributed by atoms with Crippen molar-refractivity contribution in [3.8, 4) is 0 Å². The summed E-state index contributed by atoms with van der Waals surface area (Å²) in [5.41, 5.74) is 0.670. The molecule has 2 amide bonds. The summed E-state index contributed by atoms with van der Waals surface area (Å²) in [7, 11) is 0. The Bertz CT molecular complexity index is 659. The molecule has 0 saturated heterocycles. The summed E-state index contributed by atoms with van der Waals surface area (Å²) in [6.07, 6.45) is 7.42. The second-order valence-corrected chi connectivity index (χ2v) is 5.61. The lowest BCUT2D eigenvalue weighted by Gasteiger charge is -2.13. The van der Waals surface area contributed by atoms with Crippen LogP contribution in [0.4, 0.5) is 13.2 Å². The van der Waals surface area contributed by atoms with E-state index in [0.29, 0.717) is 12.6 Å². The quantitative estimate of drug-likeness (QED) is 0.618. The highest BCUT2D eigenvalue weighted by molar-refractivity contribution is 5.96. The Morgan fingerprint density at radius 1 is 1.04 bits per heavy atom. The molecule has 0 saturated carbocycles. The summed E-state index contributed by atoms with van der Waals surface area (Å²) in [4.78, 5) is 23.4. The average molecular weight is 340 g/mol. The molecule has 0 bridgehead atoms. The highest BCUT2D eigenvalue weighted by atomic mass is 19.2. The topological polar surface area (TPSA) is 58.2 Å². The molecule has 2 N–H and O–H groups in total. The Morgan fingerprint density at radius 2 is 1.83 bits per heavy atom. The number of allylic oxidation sites excluding steroid dienone is 1. The van der Waals surface area contributed by atoms with Crippen LogP contribution < -0.4 is 10.6 Å². The zero-order valence-electron chi connectivity index (χ0n) is 13.1. The van der Waals surface area contributed by atoms with E-state index in [9.17, 15) is 22.8 Å². The fourth-order valence-electron chi connectivity index (χ4n) is 2.51. The molecule has 1 aliphatic carbocycles. The van der Waals surface area contributed by atoms with Crippen LogP contribution in [-0.4, -0.2) is 24.9 Å². The number of halogens is 3. The Labute approximate surface area is 138 Å². The first-order valence-corrected chi connectivity index (χ1v) is 7.85. The minimum Gasteiger partial charge on any atom is -0.354 e. The summed E-state index contributed by atoms with van der Waals surface area (Å²) >= 11 is 0. The van der Waals surface area contributed by atoms with Crippen molar-refractivity contribution in [2.75, 3.05) is 13.1 Å². The Balaban J connectivity index is 1.76. The molecule has 4 nitrogen and oxygen atoms in total. The monoisotopic (exact) mass is 340 g/mol. The molecule has 1 aromatic rings. The fourth-order valence-corrected chi connectivity index (χ4v) is 2.51. The van der Waals surface area contributed by atoms with Crippen LogP contribution in [0.25, 0.3) is 0 Å². The molecular formula is C17H19F3N2O2. The SMILES string of the molecule is O=C(CNC(=O)c1ccc(F)c(F)c1F)NCCC1=CCCCC1. The van der Waals surface area contributed by atoms with Gasteiger partial charge in [-0.1, -0.05) is 11.6 Å². The van der Waals surface area contributed by atoms with E-state index in [0.717, 1.165) is 31.7 Å². The molecule has 1 aliphatic rings. The molecule has 0 heterocycles. The normalized spacial score (nSPS) is 14.0. The standard InChI is InChI=1S/C17H19F3N2O2/c18-13-7-6-12(15(19)16(13)20)17(24)22-10-14(23)21-9-8-11-4-2-1-3-5-11/h4,6-7H,1-3,5,8-10H2,(H,21,23)(H,22,24). The third-order valence-electron chi connectivity index (χ3n) is 3.84. The van der Waals surface area contributed by atoms with Gasteiger partial charge in [0.05, 0.1) is 12.1 Å². The lowest BCUT2D eigenvalue weighted by Crippen LogP contribution is -2.37. The van der Waals surface area contributed by atoms with Crippen molar-refractivity contribution in [1.29, 1.82) is 0 Å². The van der Waals surface area contributed by atoms with Crippen LogP contribution in [-0.2, 0) is 4.79 Å². The van der Waals surface area contributed by atoms with Crippen molar-refractivity contribution < 1.29 is 22.8 Å². The molecular weight excluding hydrogens is 321 g/mol. The number of hydrogen-bond acceptors (Lipinski definition) is 2. The van der Waals surface area contributed by atoms with Crippen molar-refractivity contribution in [1.82, 2.24) is 10.6 Å². The van der Waals surface area contributed by atoms with E-state index in [-0.39, 0.29) is 6.54 Å². The predicted molar refractivity (Wildman–Crippen MR) is 82.8 cm³/mol. The summed E-state index contributed by atoms with van der Waals surface area (Å²) in [5.74, 6) is -6.07. The lowest BCUT2D eigenvalue weighted by molar-refractivity contribution is -0.120. The Hall–Kier alpha value is -2.31. The number of carbonyl (C=O) groups is 2. The number of hydrogen-bond donors (Lipinski definition) is 2. The van der Waals surface area contributed by atoms with E-state index in [4.69, 9.17) is 0 Å². The zero-order chi connectivity index (χ0) is 17.5. The highest BCUT2D eigenvalue weighted by Gasteiger charge is 2.19. The summed E-state index contributed by atoms with van der Waals surface area (Å²) in [6, 6.07) is 1.49. The van der Waals surface area contributed by atoms with E-state index in [2.05, 4.69) is 16.7 Å². The molecule has 0 fully saturated rings. The summed E-state index contributed by atoms with van der Waals surface area (Å²) < 4.78 is 39.4. The minimum absolute atomic E-state index is 0.365. The zero-order valence-corrected chi connectivity index (χ0v) is 13.1. The van der Waals surface area contributed by atoms with Gasteiger partial charge in [-0.25, -0.2) is 13.2 Å². The van der Waals surface area contributed by atoms with Crippen molar-refractivity contribution >= 4 is 11.8 Å². The molecule has 130 valence electrons. The first-order valence-electron chi connectivity index (χ1n) is 7.85. The van der Waals surface area contributed by atoms with Crippen LogP contribution in [0.2, 0.25) is 0 Å². The van der Waals surface area contributed by atoms with E-state index in [1.165, 1.54) is 12.0 Å². The van der Waals surface area contributed by atoms with Gasteiger partial charge in [0, 0.05) is 6.54 Å². The van der Waals surface area contributed by atoms with Crippen molar-refractivity contribution in [3.63, 3.8) is 0 Å². The maximum atomic E-state index is 13.5. The highest BCUT2D eigenvalue weighted by Crippen LogP contribution is 2.19. The van der Waals surface area contributed by atoms with Crippen molar-refractivity contribution in [2.45, 2.75) is 32.1 Å². The van der Waals surface area contributed by atoms with Crippen molar-refractivity contribution in [3.05, 3.63) is 46.8 Å². The maximum absolute atomic E-state index is 13.5. The van der Waals surface area contributed by atoms with Gasteiger partial charge in [0.1, 0.15) is 0 Å². The number of benzene rings is 1. The van der Waals surface area contributed by atoms with Gasteiger partial charge in [0.2, 0.25) is 5.91 Å². The first kappa shape index (κ1) is 18.0. The number of amides is 2. The molecule has 0 aliphatic heterocycles. The molecule has 0 unspecified atom stereocenters. The van der Waals surface area contributed by atoms with E-state index in [1.54, 1.807) is 0 Å². The summed E-state index contributed by atoms with van der Waals surface area (Å²) in [6.45, 7) is 0.0936. The van der Waals surface area contributed by atoms with Gasteiger partial charge in [-0.05, 0) is 44.2 Å². The third-order valence-corrected chi connectivity index (χ3v) is 3.84. The van der Waals surface area contributed by atoms with Crippen molar-refractivity contribution in [2.24, 2.45) is 0 Å². The maximum Gasteiger partial charge on any atom is 0.254 e. The molecule has 0 spiro atoms. The molecule has 1 aromatic carbocycles. The van der Waals surface area contributed by atoms with Crippen LogP contribution in [0, 0.1) is 17.5 Å². The van der Waals surface area contributed by atoms with Crippen LogP contribution in [0.5, 0.6) is 0 Å². The molecule has 2 rings (SSSR count). The lowest BCUT2D eigenvalue weighted by atomic mass is 9.97. The number of carbonyl (C=O) groups excluding carboxylic acids is 2. The second kappa shape index (κ2) is 8.52. The second-order valence-electron chi connectivity index (χ2n) is 5.61. The van der Waals surface area contributed by atoms with Crippen LogP contribution in [0.15, 0.2) is 23.8 Å². The van der Waals surface area contributed by atoms with Gasteiger partial charge < -0.3 is 10.6 Å². The number of nitrogens with one attached hydrogen (secondary N) is 2. The average Bonchev–Trinajstić information content (AvgIpc) is 2.59.